The van der Waals surface area contributed by atoms with Gasteiger partial charge >= 0.3 is 35.8 Å². The highest BCUT2D eigenvalue weighted by Crippen LogP contribution is 2.52. The summed E-state index contributed by atoms with van der Waals surface area (Å²) < 4.78 is 62.4. The summed E-state index contributed by atoms with van der Waals surface area (Å²) in [6.07, 6.45) is -6.58. The predicted octanol–water partition coefficient (Wildman–Crippen LogP) is 3.44. The second-order valence-electron chi connectivity index (χ2n) is 12.7. The number of fused-ring (bicyclic) bond motifs is 1. The Bertz CT molecular complexity index is 1740. The van der Waals surface area contributed by atoms with Crippen molar-refractivity contribution in [1.82, 2.24) is 0 Å². The molecule has 0 unspecified atom stereocenters. The molecule has 0 saturated carbocycles. The van der Waals surface area contributed by atoms with Gasteiger partial charge in [0.1, 0.15) is 25.4 Å². The van der Waals surface area contributed by atoms with Gasteiger partial charge in [-0.1, -0.05) is 12.1 Å². The molecule has 300 valence electrons. The fourth-order valence-electron chi connectivity index (χ4n) is 6.30. The first-order valence-corrected chi connectivity index (χ1v) is 17.4. The standard InChI is InChI=1S/C38H46O17/c1-19(39)47-13-9-10-25-14-27-28(17-48-20(2)40)33(55-34(27)31(15-25)46-8)26-11-12-29(30(16-26)45-7)53-38-37(52-24(6)44)36(51-23(5)43)35(50-22(4)42)32(54-38)18-49-21(3)41/h11-12,14-16,28,32-33,35-38H,9-10,13,17-18H2,1-8H3/t28-,32-,33+,35-,36+,37-,38-/m1/s1. The van der Waals surface area contributed by atoms with Crippen LogP contribution in [0.5, 0.6) is 23.0 Å². The second-order valence-corrected chi connectivity index (χ2v) is 12.7. The Morgan fingerprint density at radius 3 is 1.84 bits per heavy atom. The van der Waals surface area contributed by atoms with E-state index in [-0.39, 0.29) is 30.7 Å². The lowest BCUT2D eigenvalue weighted by atomic mass is 9.90. The highest BCUT2D eigenvalue weighted by molar-refractivity contribution is 5.69. The fraction of sp³-hybridized carbons (Fsp3) is 0.526. The van der Waals surface area contributed by atoms with E-state index in [1.54, 1.807) is 18.2 Å². The Morgan fingerprint density at radius 1 is 0.636 bits per heavy atom. The summed E-state index contributed by atoms with van der Waals surface area (Å²) in [7, 11) is 2.91. The van der Waals surface area contributed by atoms with E-state index in [9.17, 15) is 28.8 Å². The zero-order valence-electron chi connectivity index (χ0n) is 31.9. The van der Waals surface area contributed by atoms with Crippen molar-refractivity contribution >= 4 is 35.8 Å². The number of ether oxygens (including phenoxy) is 11. The number of rotatable bonds is 16. The number of esters is 6. The number of methoxy groups -OCH3 is 2. The van der Waals surface area contributed by atoms with Crippen molar-refractivity contribution in [3.8, 4) is 23.0 Å². The highest BCUT2D eigenvalue weighted by atomic mass is 16.7. The molecule has 17 heteroatoms. The van der Waals surface area contributed by atoms with Gasteiger partial charge in [-0.25, -0.2) is 0 Å². The molecule has 1 fully saturated rings. The third kappa shape index (κ3) is 11.2. The van der Waals surface area contributed by atoms with Gasteiger partial charge in [0.15, 0.2) is 35.2 Å². The van der Waals surface area contributed by atoms with Crippen LogP contribution in [0.15, 0.2) is 30.3 Å². The van der Waals surface area contributed by atoms with Gasteiger partial charge in [-0.3, -0.25) is 28.8 Å². The summed E-state index contributed by atoms with van der Waals surface area (Å²) in [4.78, 5) is 71.6. The van der Waals surface area contributed by atoms with Crippen molar-refractivity contribution in [3.05, 3.63) is 47.0 Å². The summed E-state index contributed by atoms with van der Waals surface area (Å²) in [6.45, 7) is 6.96. The molecule has 2 aromatic rings. The van der Waals surface area contributed by atoms with Gasteiger partial charge in [0.2, 0.25) is 12.4 Å². The van der Waals surface area contributed by atoms with Crippen LogP contribution in [0.3, 0.4) is 0 Å². The summed E-state index contributed by atoms with van der Waals surface area (Å²) >= 11 is 0. The van der Waals surface area contributed by atoms with E-state index in [1.807, 2.05) is 12.1 Å². The van der Waals surface area contributed by atoms with E-state index >= 15 is 0 Å². The van der Waals surface area contributed by atoms with Crippen LogP contribution in [0.4, 0.5) is 0 Å². The molecule has 17 nitrogen and oxygen atoms in total. The van der Waals surface area contributed by atoms with Crippen LogP contribution >= 0.6 is 0 Å². The molecule has 2 aliphatic heterocycles. The SMILES string of the molecule is COc1cc([C@@H]2Oc3c(OC)cc(CCCOC(C)=O)cc3[C@H]2COC(C)=O)ccc1O[C@@H]1O[C@H](COC(C)=O)[C@@H](OC(C)=O)[C@H](OC(C)=O)[C@H]1OC(C)=O. The maximum Gasteiger partial charge on any atom is 0.303 e. The first kappa shape index (κ1) is 42.2. The molecule has 7 atom stereocenters. The van der Waals surface area contributed by atoms with Gasteiger partial charge in [-0.05, 0) is 42.2 Å². The Hall–Kier alpha value is -5.58. The minimum Gasteiger partial charge on any atom is -0.493 e. The molecule has 4 rings (SSSR count). The van der Waals surface area contributed by atoms with E-state index in [1.165, 1.54) is 35.0 Å². The molecule has 0 bridgehead atoms. The summed E-state index contributed by atoms with van der Waals surface area (Å²) in [5.41, 5.74) is 2.23. The maximum absolute atomic E-state index is 12.3. The van der Waals surface area contributed by atoms with Gasteiger partial charge in [-0.15, -0.1) is 0 Å². The third-order valence-corrected chi connectivity index (χ3v) is 8.46. The van der Waals surface area contributed by atoms with Gasteiger partial charge in [0, 0.05) is 47.1 Å². The van der Waals surface area contributed by atoms with Crippen molar-refractivity contribution in [2.45, 2.75) is 97.1 Å². The summed E-state index contributed by atoms with van der Waals surface area (Å²) in [6, 6.07) is 8.66. The fourth-order valence-corrected chi connectivity index (χ4v) is 6.30. The minimum atomic E-state index is -1.51. The van der Waals surface area contributed by atoms with Gasteiger partial charge in [0.25, 0.3) is 0 Å². The summed E-state index contributed by atoms with van der Waals surface area (Å²) in [5.74, 6) is -3.16. The minimum absolute atomic E-state index is 0.0294. The van der Waals surface area contributed by atoms with Crippen molar-refractivity contribution in [3.63, 3.8) is 0 Å². The van der Waals surface area contributed by atoms with E-state index in [0.717, 1.165) is 31.9 Å². The largest absolute Gasteiger partial charge is 0.493 e. The summed E-state index contributed by atoms with van der Waals surface area (Å²) in [5, 5.41) is 0. The maximum atomic E-state index is 12.3. The first-order chi connectivity index (χ1) is 26.1. The van der Waals surface area contributed by atoms with Crippen LogP contribution in [0.1, 0.15) is 76.7 Å². The zero-order chi connectivity index (χ0) is 40.4. The normalized spacial score (nSPS) is 22.5. The van der Waals surface area contributed by atoms with Gasteiger partial charge < -0.3 is 52.1 Å². The van der Waals surface area contributed by atoms with Crippen molar-refractivity contribution in [2.75, 3.05) is 34.0 Å². The molecule has 2 aromatic carbocycles. The molecule has 0 N–H and O–H groups in total. The van der Waals surface area contributed by atoms with E-state index in [2.05, 4.69) is 0 Å². The molecule has 2 heterocycles. The lowest BCUT2D eigenvalue weighted by Gasteiger charge is -2.44. The lowest BCUT2D eigenvalue weighted by Crippen LogP contribution is -2.63. The number of hydrogen-bond acceptors (Lipinski definition) is 17. The zero-order valence-corrected chi connectivity index (χ0v) is 31.9. The van der Waals surface area contributed by atoms with Crippen LogP contribution < -0.4 is 18.9 Å². The van der Waals surface area contributed by atoms with Gasteiger partial charge in [0.05, 0.1) is 26.7 Å². The third-order valence-electron chi connectivity index (χ3n) is 8.46. The second kappa shape index (κ2) is 19.1. The quantitative estimate of drug-likeness (QED) is 0.136. The van der Waals surface area contributed by atoms with Crippen molar-refractivity contribution in [1.29, 1.82) is 0 Å². The molecular formula is C38H46O17. The average molecular weight is 775 g/mol. The van der Waals surface area contributed by atoms with Crippen LogP contribution in [0.25, 0.3) is 0 Å². The molecule has 0 aromatic heterocycles. The first-order valence-electron chi connectivity index (χ1n) is 17.4. The molecule has 0 amide bonds. The number of aryl methyl sites for hydroxylation is 1. The number of benzene rings is 2. The van der Waals surface area contributed by atoms with E-state index < -0.39 is 79.2 Å². The van der Waals surface area contributed by atoms with Crippen molar-refractivity contribution in [2.24, 2.45) is 0 Å². The monoisotopic (exact) mass is 774 g/mol. The molecule has 1 saturated heterocycles. The van der Waals surface area contributed by atoms with Crippen LogP contribution in [0.2, 0.25) is 0 Å². The van der Waals surface area contributed by atoms with E-state index in [0.29, 0.717) is 29.9 Å². The predicted molar refractivity (Wildman–Crippen MR) is 186 cm³/mol. The molecule has 0 spiro atoms. The van der Waals surface area contributed by atoms with E-state index in [4.69, 9.17) is 52.1 Å². The number of carbonyl (C=O) groups is 6. The highest BCUT2D eigenvalue weighted by Gasteiger charge is 2.53. The molecule has 0 aliphatic carbocycles. The van der Waals surface area contributed by atoms with Crippen LogP contribution in [-0.2, 0) is 68.3 Å². The number of carbonyl (C=O) groups excluding carboxylic acids is 6. The Labute approximate surface area is 317 Å². The Balaban J connectivity index is 1.70. The van der Waals surface area contributed by atoms with Crippen LogP contribution in [0, 0.1) is 0 Å². The molecule has 2 aliphatic rings. The smallest absolute Gasteiger partial charge is 0.303 e. The average Bonchev–Trinajstić information content (AvgIpc) is 3.48. The number of hydrogen-bond donors (Lipinski definition) is 0. The topological polar surface area (TPSA) is 204 Å². The van der Waals surface area contributed by atoms with Gasteiger partial charge in [-0.2, -0.15) is 0 Å². The lowest BCUT2D eigenvalue weighted by molar-refractivity contribution is -0.288. The van der Waals surface area contributed by atoms with Crippen LogP contribution in [-0.4, -0.2) is 101 Å². The Morgan fingerprint density at radius 2 is 1.24 bits per heavy atom. The molecule has 0 radical (unpaired) electrons. The molecular weight excluding hydrogens is 728 g/mol. The molecule has 55 heavy (non-hydrogen) atoms. The Kier molecular flexibility index (Phi) is 14.7. The van der Waals surface area contributed by atoms with Crippen molar-refractivity contribution < 1.29 is 80.9 Å².